The van der Waals surface area contributed by atoms with Crippen molar-refractivity contribution in [2.45, 2.75) is 19.9 Å². The third kappa shape index (κ3) is 3.56. The molecule has 0 radical (unpaired) electrons. The van der Waals surface area contributed by atoms with E-state index in [0.29, 0.717) is 24.4 Å². The van der Waals surface area contributed by atoms with Gasteiger partial charge in [-0.25, -0.2) is 14.6 Å². The van der Waals surface area contributed by atoms with Gasteiger partial charge in [0.2, 0.25) is 5.65 Å². The smallest absolute Gasteiger partial charge is 0.221 e. The molecule has 1 N–H and O–H groups in total. The van der Waals surface area contributed by atoms with Gasteiger partial charge in [-0.1, -0.05) is 24.3 Å². The summed E-state index contributed by atoms with van der Waals surface area (Å²) in [6.45, 7) is 4.04. The molecule has 3 aromatic heterocycles. The first-order chi connectivity index (χ1) is 13.3. The van der Waals surface area contributed by atoms with Crippen molar-refractivity contribution in [3.63, 3.8) is 0 Å². The van der Waals surface area contributed by atoms with Gasteiger partial charge in [-0.15, -0.1) is 5.10 Å². The molecule has 0 aliphatic carbocycles. The summed E-state index contributed by atoms with van der Waals surface area (Å²) in [5.74, 6) is 0.727. The van der Waals surface area contributed by atoms with E-state index >= 15 is 0 Å². The maximum Gasteiger partial charge on any atom is 0.221 e. The van der Waals surface area contributed by atoms with Gasteiger partial charge in [-0.2, -0.15) is 0 Å². The van der Waals surface area contributed by atoms with Gasteiger partial charge >= 0.3 is 0 Å². The lowest BCUT2D eigenvalue weighted by Crippen LogP contribution is -2.28. The summed E-state index contributed by atoms with van der Waals surface area (Å²) in [5, 5.41) is 18.7. The quantitative estimate of drug-likeness (QED) is 0.537. The number of rotatable bonds is 7. The zero-order chi connectivity index (χ0) is 18.6. The molecule has 0 atom stereocenters. The van der Waals surface area contributed by atoms with Gasteiger partial charge < -0.3 is 10.0 Å². The minimum atomic E-state index is 0.0718. The van der Waals surface area contributed by atoms with Gasteiger partial charge in [0.1, 0.15) is 5.82 Å². The third-order valence-corrected chi connectivity index (χ3v) is 4.40. The van der Waals surface area contributed by atoms with Crippen LogP contribution in [0, 0.1) is 0 Å². The highest BCUT2D eigenvalue weighted by molar-refractivity contribution is 5.79. The van der Waals surface area contributed by atoms with E-state index in [1.54, 1.807) is 17.1 Å². The first-order valence-electron chi connectivity index (χ1n) is 9.04. The Morgan fingerprint density at radius 1 is 1.15 bits per heavy atom. The van der Waals surface area contributed by atoms with Crippen LogP contribution in [0.2, 0.25) is 0 Å². The van der Waals surface area contributed by atoms with Crippen molar-refractivity contribution < 1.29 is 5.11 Å². The van der Waals surface area contributed by atoms with Gasteiger partial charge in [0.05, 0.1) is 24.9 Å². The molecule has 0 unspecified atom stereocenters. The minimum absolute atomic E-state index is 0.0718. The Balaban J connectivity index is 1.67. The Morgan fingerprint density at radius 2 is 2.07 bits per heavy atom. The molecular weight excluding hydrogens is 342 g/mol. The van der Waals surface area contributed by atoms with Gasteiger partial charge in [0, 0.05) is 24.7 Å². The highest BCUT2D eigenvalue weighted by Gasteiger charge is 2.13. The molecule has 4 aromatic rings. The van der Waals surface area contributed by atoms with Crippen molar-refractivity contribution in [3.8, 4) is 0 Å². The van der Waals surface area contributed by atoms with Crippen LogP contribution in [0.1, 0.15) is 18.9 Å². The standard InChI is InChI=1S/C19H21N7O/c1-2-8-25(9-10-27)17-12-21-18-19(22-17)26(24-23-18)13-14-5-6-16-15(11-14)4-3-7-20-16/h3-7,11-12,27H,2,8-10,13H2,1H3. The minimum Gasteiger partial charge on any atom is -0.395 e. The molecule has 0 bridgehead atoms. The van der Waals surface area contributed by atoms with Crippen molar-refractivity contribution in [1.82, 2.24) is 29.9 Å². The second-order valence-electron chi connectivity index (χ2n) is 6.36. The number of hydrogen-bond donors (Lipinski definition) is 1. The number of benzene rings is 1. The number of aromatic nitrogens is 6. The van der Waals surface area contributed by atoms with E-state index < -0.39 is 0 Å². The summed E-state index contributed by atoms with van der Waals surface area (Å²) in [6.07, 6.45) is 4.44. The Labute approximate surface area is 156 Å². The zero-order valence-electron chi connectivity index (χ0n) is 15.2. The lowest BCUT2D eigenvalue weighted by atomic mass is 10.1. The molecule has 8 heteroatoms. The van der Waals surface area contributed by atoms with Crippen molar-refractivity contribution in [2.24, 2.45) is 0 Å². The van der Waals surface area contributed by atoms with Crippen molar-refractivity contribution >= 4 is 28.0 Å². The van der Waals surface area contributed by atoms with Crippen LogP contribution < -0.4 is 4.90 Å². The highest BCUT2D eigenvalue weighted by Crippen LogP contribution is 2.17. The normalized spacial score (nSPS) is 11.3. The molecule has 0 aliphatic rings. The Morgan fingerprint density at radius 3 is 2.93 bits per heavy atom. The fourth-order valence-electron chi connectivity index (χ4n) is 3.13. The molecule has 0 saturated heterocycles. The van der Waals surface area contributed by atoms with E-state index in [2.05, 4.69) is 33.3 Å². The number of aliphatic hydroxyl groups is 1. The Kier molecular flexibility index (Phi) is 4.88. The number of hydrogen-bond acceptors (Lipinski definition) is 7. The molecule has 4 rings (SSSR count). The number of aliphatic hydroxyl groups excluding tert-OH is 1. The molecule has 1 aromatic carbocycles. The number of anilines is 1. The van der Waals surface area contributed by atoms with Gasteiger partial charge in [-0.05, 0) is 30.2 Å². The van der Waals surface area contributed by atoms with Crippen LogP contribution in [0.5, 0.6) is 0 Å². The second-order valence-corrected chi connectivity index (χ2v) is 6.36. The van der Waals surface area contributed by atoms with Crippen molar-refractivity contribution in [1.29, 1.82) is 0 Å². The molecule has 0 amide bonds. The largest absolute Gasteiger partial charge is 0.395 e. The second kappa shape index (κ2) is 7.63. The predicted octanol–water partition coefficient (Wildman–Crippen LogP) is 2.03. The molecule has 0 spiro atoms. The number of nitrogens with zero attached hydrogens (tertiary/aromatic N) is 7. The van der Waals surface area contributed by atoms with Gasteiger partial charge in [0.25, 0.3) is 0 Å². The summed E-state index contributed by atoms with van der Waals surface area (Å²) < 4.78 is 1.76. The summed E-state index contributed by atoms with van der Waals surface area (Å²) in [7, 11) is 0. The molecule has 27 heavy (non-hydrogen) atoms. The lowest BCUT2D eigenvalue weighted by molar-refractivity contribution is 0.301. The summed E-state index contributed by atoms with van der Waals surface area (Å²) in [6, 6.07) is 10.1. The van der Waals surface area contributed by atoms with Crippen LogP contribution in [0.15, 0.2) is 42.7 Å². The molecule has 8 nitrogen and oxygen atoms in total. The SMILES string of the molecule is CCCN(CCO)c1cnc2nnn(Cc3ccc4ncccc4c3)c2n1. The van der Waals surface area contributed by atoms with E-state index in [-0.39, 0.29) is 6.61 Å². The van der Waals surface area contributed by atoms with E-state index in [1.165, 1.54) is 0 Å². The van der Waals surface area contributed by atoms with Crippen LogP contribution in [0.25, 0.3) is 22.2 Å². The predicted molar refractivity (Wildman–Crippen MR) is 104 cm³/mol. The monoisotopic (exact) mass is 363 g/mol. The molecule has 0 saturated carbocycles. The van der Waals surface area contributed by atoms with Crippen molar-refractivity contribution in [3.05, 3.63) is 48.3 Å². The Bertz CT molecular complexity index is 1060. The van der Waals surface area contributed by atoms with E-state index in [4.69, 9.17) is 4.98 Å². The third-order valence-electron chi connectivity index (χ3n) is 4.40. The number of pyridine rings is 1. The zero-order valence-corrected chi connectivity index (χ0v) is 15.2. The Hall–Kier alpha value is -3.13. The first-order valence-corrected chi connectivity index (χ1v) is 9.04. The van der Waals surface area contributed by atoms with Gasteiger partial charge in [-0.3, -0.25) is 4.98 Å². The molecule has 0 fully saturated rings. The summed E-state index contributed by atoms with van der Waals surface area (Å²) in [4.78, 5) is 15.5. The van der Waals surface area contributed by atoms with Crippen molar-refractivity contribution in [2.75, 3.05) is 24.6 Å². The fraction of sp³-hybridized carbons (Fsp3) is 0.316. The summed E-state index contributed by atoms with van der Waals surface area (Å²) >= 11 is 0. The van der Waals surface area contributed by atoms with Gasteiger partial charge in [0.15, 0.2) is 5.65 Å². The van der Waals surface area contributed by atoms with Crippen LogP contribution in [-0.2, 0) is 6.54 Å². The highest BCUT2D eigenvalue weighted by atomic mass is 16.3. The fourth-order valence-corrected chi connectivity index (χ4v) is 3.13. The van der Waals surface area contributed by atoms with E-state index in [1.807, 2.05) is 29.2 Å². The molecule has 3 heterocycles. The van der Waals surface area contributed by atoms with Crippen LogP contribution >= 0.6 is 0 Å². The number of fused-ring (bicyclic) bond motifs is 2. The first kappa shape index (κ1) is 17.3. The molecule has 138 valence electrons. The summed E-state index contributed by atoms with van der Waals surface area (Å²) in [5.41, 5.74) is 3.21. The maximum absolute atomic E-state index is 9.31. The topological polar surface area (TPSA) is 92.8 Å². The maximum atomic E-state index is 9.31. The average molecular weight is 363 g/mol. The lowest BCUT2D eigenvalue weighted by Gasteiger charge is -2.21. The van der Waals surface area contributed by atoms with E-state index in [0.717, 1.165) is 35.2 Å². The average Bonchev–Trinajstić information content (AvgIpc) is 3.10. The van der Waals surface area contributed by atoms with Crippen LogP contribution in [0.3, 0.4) is 0 Å². The van der Waals surface area contributed by atoms with E-state index in [9.17, 15) is 5.11 Å². The van der Waals surface area contributed by atoms with Crippen LogP contribution in [0.4, 0.5) is 5.82 Å². The molecule has 0 aliphatic heterocycles. The molecular formula is C19H21N7O. The van der Waals surface area contributed by atoms with Crippen LogP contribution in [-0.4, -0.2) is 54.7 Å².